The number of amides is 1. The summed E-state index contributed by atoms with van der Waals surface area (Å²) in [5, 5.41) is 2.87. The van der Waals surface area contributed by atoms with Gasteiger partial charge in [0.2, 0.25) is 0 Å². The molecule has 5 nitrogen and oxygen atoms in total. The summed E-state index contributed by atoms with van der Waals surface area (Å²) in [7, 11) is 1.62. The van der Waals surface area contributed by atoms with E-state index < -0.39 is 0 Å². The fourth-order valence-corrected chi connectivity index (χ4v) is 2.08. The fraction of sp³-hybridized carbons (Fsp3) is 0.350. The van der Waals surface area contributed by atoms with Crippen molar-refractivity contribution in [2.24, 2.45) is 5.92 Å². The SMILES string of the molecule is COCCOc1cccc(NC(=O)c2ccc(OCC(C)C)cc2)c1. The Morgan fingerprint density at radius 2 is 1.76 bits per heavy atom. The number of anilines is 1. The zero-order valence-electron chi connectivity index (χ0n) is 15.0. The highest BCUT2D eigenvalue weighted by Crippen LogP contribution is 2.19. The van der Waals surface area contributed by atoms with E-state index in [0.717, 1.165) is 5.75 Å². The summed E-state index contributed by atoms with van der Waals surface area (Å²) in [6, 6.07) is 14.4. The number of hydrogen-bond donors (Lipinski definition) is 1. The molecular formula is C20H25NO4. The van der Waals surface area contributed by atoms with E-state index in [1.54, 1.807) is 25.3 Å². The predicted octanol–water partition coefficient (Wildman–Crippen LogP) is 4.00. The van der Waals surface area contributed by atoms with Crippen LogP contribution in [-0.2, 0) is 4.74 Å². The number of carbonyl (C=O) groups excluding carboxylic acids is 1. The van der Waals surface area contributed by atoms with E-state index in [0.29, 0.717) is 42.7 Å². The minimum absolute atomic E-state index is 0.176. The maximum Gasteiger partial charge on any atom is 0.255 e. The molecule has 0 aliphatic rings. The van der Waals surface area contributed by atoms with Gasteiger partial charge in [0.05, 0.1) is 13.2 Å². The van der Waals surface area contributed by atoms with Crippen LogP contribution in [-0.4, -0.2) is 32.8 Å². The molecule has 0 aliphatic heterocycles. The molecule has 1 N–H and O–H groups in total. The molecule has 2 aromatic carbocycles. The van der Waals surface area contributed by atoms with Gasteiger partial charge in [0.1, 0.15) is 18.1 Å². The largest absolute Gasteiger partial charge is 0.493 e. The molecule has 0 saturated carbocycles. The first-order chi connectivity index (χ1) is 12.1. The topological polar surface area (TPSA) is 56.8 Å². The number of hydrogen-bond acceptors (Lipinski definition) is 4. The van der Waals surface area contributed by atoms with E-state index in [2.05, 4.69) is 19.2 Å². The average molecular weight is 343 g/mol. The van der Waals surface area contributed by atoms with E-state index in [4.69, 9.17) is 14.2 Å². The van der Waals surface area contributed by atoms with Crippen LogP contribution in [0.5, 0.6) is 11.5 Å². The Morgan fingerprint density at radius 1 is 1.00 bits per heavy atom. The van der Waals surface area contributed by atoms with Gasteiger partial charge in [-0.25, -0.2) is 0 Å². The van der Waals surface area contributed by atoms with E-state index in [-0.39, 0.29) is 5.91 Å². The van der Waals surface area contributed by atoms with Crippen molar-refractivity contribution in [3.8, 4) is 11.5 Å². The lowest BCUT2D eigenvalue weighted by Gasteiger charge is -2.10. The smallest absolute Gasteiger partial charge is 0.255 e. The van der Waals surface area contributed by atoms with Gasteiger partial charge in [-0.2, -0.15) is 0 Å². The van der Waals surface area contributed by atoms with Gasteiger partial charge < -0.3 is 19.5 Å². The van der Waals surface area contributed by atoms with Gasteiger partial charge in [-0.05, 0) is 42.3 Å². The number of carbonyl (C=O) groups is 1. The molecular weight excluding hydrogens is 318 g/mol. The van der Waals surface area contributed by atoms with Crippen molar-refractivity contribution in [1.82, 2.24) is 0 Å². The molecule has 0 atom stereocenters. The monoisotopic (exact) mass is 343 g/mol. The summed E-state index contributed by atoms with van der Waals surface area (Å²) >= 11 is 0. The number of rotatable bonds is 9. The first kappa shape index (κ1) is 18.8. The predicted molar refractivity (Wildman–Crippen MR) is 98.5 cm³/mol. The van der Waals surface area contributed by atoms with Crippen LogP contribution in [0.2, 0.25) is 0 Å². The molecule has 0 bridgehead atoms. The van der Waals surface area contributed by atoms with Crippen LogP contribution in [0, 0.1) is 5.92 Å². The number of nitrogens with one attached hydrogen (secondary N) is 1. The summed E-state index contributed by atoms with van der Waals surface area (Å²) < 4.78 is 16.1. The van der Waals surface area contributed by atoms with Crippen molar-refractivity contribution < 1.29 is 19.0 Å². The Kier molecular flexibility index (Phi) is 7.29. The van der Waals surface area contributed by atoms with Crippen LogP contribution in [0.15, 0.2) is 48.5 Å². The molecule has 0 heterocycles. The Hall–Kier alpha value is -2.53. The van der Waals surface area contributed by atoms with Gasteiger partial charge >= 0.3 is 0 Å². The zero-order valence-corrected chi connectivity index (χ0v) is 15.0. The second-order valence-electron chi connectivity index (χ2n) is 6.05. The second kappa shape index (κ2) is 9.69. The van der Waals surface area contributed by atoms with E-state index in [1.165, 1.54) is 0 Å². The zero-order chi connectivity index (χ0) is 18.1. The van der Waals surface area contributed by atoms with Crippen molar-refractivity contribution in [1.29, 1.82) is 0 Å². The molecule has 0 aliphatic carbocycles. The Morgan fingerprint density at radius 3 is 2.44 bits per heavy atom. The molecule has 0 saturated heterocycles. The third-order valence-corrected chi connectivity index (χ3v) is 3.35. The summed E-state index contributed by atoms with van der Waals surface area (Å²) in [6.07, 6.45) is 0. The summed E-state index contributed by atoms with van der Waals surface area (Å²) in [4.78, 5) is 12.4. The molecule has 1 amide bonds. The van der Waals surface area contributed by atoms with E-state index >= 15 is 0 Å². The van der Waals surface area contributed by atoms with Crippen LogP contribution >= 0.6 is 0 Å². The summed E-state index contributed by atoms with van der Waals surface area (Å²) in [5.41, 5.74) is 1.25. The second-order valence-corrected chi connectivity index (χ2v) is 6.05. The normalized spacial score (nSPS) is 10.6. The third kappa shape index (κ3) is 6.47. The lowest BCUT2D eigenvalue weighted by Crippen LogP contribution is -2.12. The van der Waals surface area contributed by atoms with Crippen molar-refractivity contribution in [3.05, 3.63) is 54.1 Å². The Labute approximate surface area is 148 Å². The molecule has 2 rings (SSSR count). The third-order valence-electron chi connectivity index (χ3n) is 3.35. The highest BCUT2D eigenvalue weighted by atomic mass is 16.5. The van der Waals surface area contributed by atoms with Gasteiger partial charge in [0, 0.05) is 24.4 Å². The summed E-state index contributed by atoms with van der Waals surface area (Å²) in [6.45, 7) is 5.82. The average Bonchev–Trinajstić information content (AvgIpc) is 2.61. The Balaban J connectivity index is 1.93. The van der Waals surface area contributed by atoms with Crippen LogP contribution < -0.4 is 14.8 Å². The highest BCUT2D eigenvalue weighted by Gasteiger charge is 2.07. The highest BCUT2D eigenvalue weighted by molar-refractivity contribution is 6.04. The number of ether oxygens (including phenoxy) is 3. The van der Waals surface area contributed by atoms with Crippen molar-refractivity contribution in [2.75, 3.05) is 32.2 Å². The fourth-order valence-electron chi connectivity index (χ4n) is 2.08. The van der Waals surface area contributed by atoms with Crippen LogP contribution in [0.4, 0.5) is 5.69 Å². The molecule has 25 heavy (non-hydrogen) atoms. The molecule has 0 aromatic heterocycles. The van der Waals surface area contributed by atoms with Crippen molar-refractivity contribution >= 4 is 11.6 Å². The minimum Gasteiger partial charge on any atom is -0.493 e. The minimum atomic E-state index is -0.176. The van der Waals surface area contributed by atoms with Crippen LogP contribution in [0.3, 0.4) is 0 Å². The number of benzene rings is 2. The van der Waals surface area contributed by atoms with Gasteiger partial charge in [0.25, 0.3) is 5.91 Å². The molecule has 134 valence electrons. The first-order valence-electron chi connectivity index (χ1n) is 8.34. The van der Waals surface area contributed by atoms with Gasteiger partial charge in [-0.1, -0.05) is 19.9 Å². The quantitative estimate of drug-likeness (QED) is 0.699. The lowest BCUT2D eigenvalue weighted by molar-refractivity contribution is 0.102. The van der Waals surface area contributed by atoms with Gasteiger partial charge in [-0.3, -0.25) is 4.79 Å². The molecule has 5 heteroatoms. The van der Waals surface area contributed by atoms with Gasteiger partial charge in [0.15, 0.2) is 0 Å². The molecule has 2 aromatic rings. The maximum absolute atomic E-state index is 12.4. The number of methoxy groups -OCH3 is 1. The van der Waals surface area contributed by atoms with E-state index in [9.17, 15) is 4.79 Å². The van der Waals surface area contributed by atoms with Crippen LogP contribution in [0.1, 0.15) is 24.2 Å². The van der Waals surface area contributed by atoms with Crippen molar-refractivity contribution in [3.63, 3.8) is 0 Å². The molecule has 0 unspecified atom stereocenters. The maximum atomic E-state index is 12.4. The molecule has 0 radical (unpaired) electrons. The molecule has 0 fully saturated rings. The van der Waals surface area contributed by atoms with Gasteiger partial charge in [-0.15, -0.1) is 0 Å². The standard InChI is InChI=1S/C20H25NO4/c1-15(2)14-25-18-9-7-16(8-10-18)20(22)21-17-5-4-6-19(13-17)24-12-11-23-3/h4-10,13,15H,11-12,14H2,1-3H3,(H,21,22). The van der Waals surface area contributed by atoms with E-state index in [1.807, 2.05) is 30.3 Å². The lowest BCUT2D eigenvalue weighted by atomic mass is 10.2. The Bertz CT molecular complexity index is 668. The summed E-state index contributed by atoms with van der Waals surface area (Å²) in [5.74, 6) is 1.73. The molecule has 0 spiro atoms. The van der Waals surface area contributed by atoms with Crippen LogP contribution in [0.25, 0.3) is 0 Å². The first-order valence-corrected chi connectivity index (χ1v) is 8.34. The van der Waals surface area contributed by atoms with Crippen molar-refractivity contribution in [2.45, 2.75) is 13.8 Å².